The fraction of sp³-hybridized carbons (Fsp3) is 0.250. The van der Waals surface area contributed by atoms with Gasteiger partial charge in [-0.1, -0.05) is 6.07 Å². The topological polar surface area (TPSA) is 55.4 Å². The van der Waals surface area contributed by atoms with Gasteiger partial charge in [0.15, 0.2) is 0 Å². The molecule has 3 rings (SSSR count). The first-order valence-corrected chi connectivity index (χ1v) is 9.43. The third-order valence-corrected chi connectivity index (χ3v) is 4.44. The Hall–Kier alpha value is -3.54. The fourth-order valence-electron chi connectivity index (χ4n) is 2.89. The van der Waals surface area contributed by atoms with Gasteiger partial charge in [-0.15, -0.1) is 0 Å². The average molecular weight is 410 g/mol. The van der Waals surface area contributed by atoms with Gasteiger partial charge >= 0.3 is 0 Å². The Morgan fingerprint density at radius 2 is 0.800 bits per heavy atom. The highest BCUT2D eigenvalue weighted by Crippen LogP contribution is 2.27. The maximum atomic E-state index is 5.93. The molecule has 0 amide bonds. The molecule has 0 heterocycles. The summed E-state index contributed by atoms with van der Waals surface area (Å²) in [5, 5.41) is 0. The highest BCUT2D eigenvalue weighted by atomic mass is 16.5. The summed E-state index contributed by atoms with van der Waals surface area (Å²) < 4.78 is 33.1. The molecule has 0 fully saturated rings. The number of rotatable bonds is 10. The van der Waals surface area contributed by atoms with Gasteiger partial charge in [-0.05, 0) is 47.5 Å². The minimum Gasteiger partial charge on any atom is -0.497 e. The van der Waals surface area contributed by atoms with Crippen molar-refractivity contribution in [1.29, 1.82) is 0 Å². The molecule has 0 unspecified atom stereocenters. The highest BCUT2D eigenvalue weighted by molar-refractivity contribution is 5.40. The Morgan fingerprint density at radius 1 is 0.467 bits per heavy atom. The molecular formula is C24H26O6. The summed E-state index contributed by atoms with van der Waals surface area (Å²) in [5.74, 6) is 4.30. The molecule has 0 aliphatic heterocycles. The van der Waals surface area contributed by atoms with Crippen LogP contribution in [0.15, 0.2) is 60.7 Å². The van der Waals surface area contributed by atoms with Crippen molar-refractivity contribution < 1.29 is 28.4 Å². The summed E-state index contributed by atoms with van der Waals surface area (Å²) in [6, 6.07) is 18.8. The van der Waals surface area contributed by atoms with Crippen molar-refractivity contribution in [2.75, 3.05) is 28.4 Å². The minimum absolute atomic E-state index is 0.379. The lowest BCUT2D eigenvalue weighted by molar-refractivity contribution is 0.288. The number of benzene rings is 3. The molecule has 158 valence electrons. The molecule has 6 heteroatoms. The molecular weight excluding hydrogens is 384 g/mol. The predicted molar refractivity (Wildman–Crippen MR) is 114 cm³/mol. The number of ether oxygens (including phenoxy) is 6. The summed E-state index contributed by atoms with van der Waals surface area (Å²) in [6.07, 6.45) is 0. The molecule has 0 saturated carbocycles. The minimum atomic E-state index is 0.379. The van der Waals surface area contributed by atoms with Crippen LogP contribution >= 0.6 is 0 Å². The zero-order chi connectivity index (χ0) is 21.3. The Labute approximate surface area is 176 Å². The predicted octanol–water partition coefficient (Wildman–Crippen LogP) is 4.88. The van der Waals surface area contributed by atoms with E-state index in [1.165, 1.54) is 0 Å². The second-order valence-corrected chi connectivity index (χ2v) is 6.49. The van der Waals surface area contributed by atoms with Gasteiger partial charge in [-0.3, -0.25) is 0 Å². The van der Waals surface area contributed by atoms with Crippen LogP contribution < -0.4 is 28.4 Å². The maximum absolute atomic E-state index is 5.93. The van der Waals surface area contributed by atoms with Crippen LogP contribution in [-0.2, 0) is 13.2 Å². The smallest absolute Gasteiger partial charge is 0.123 e. The summed E-state index contributed by atoms with van der Waals surface area (Å²) in [5.41, 5.74) is 1.89. The van der Waals surface area contributed by atoms with Gasteiger partial charge in [-0.2, -0.15) is 0 Å². The SMILES string of the molecule is COc1cc(COc2cccc(OCc3cc(OC)cc(OC)c3)c2)cc(OC)c1. The molecule has 30 heavy (non-hydrogen) atoms. The van der Waals surface area contributed by atoms with Crippen LogP contribution in [0.5, 0.6) is 34.5 Å². The molecule has 0 spiro atoms. The summed E-state index contributed by atoms with van der Waals surface area (Å²) >= 11 is 0. The van der Waals surface area contributed by atoms with E-state index in [-0.39, 0.29) is 0 Å². The van der Waals surface area contributed by atoms with E-state index >= 15 is 0 Å². The first-order chi connectivity index (χ1) is 14.6. The van der Waals surface area contributed by atoms with Crippen LogP contribution in [0, 0.1) is 0 Å². The first kappa shape index (κ1) is 21.2. The van der Waals surface area contributed by atoms with E-state index in [0.29, 0.717) is 24.7 Å². The molecule has 0 aromatic heterocycles. The van der Waals surface area contributed by atoms with Crippen molar-refractivity contribution in [3.8, 4) is 34.5 Å². The molecule has 0 bridgehead atoms. The number of methoxy groups -OCH3 is 4. The van der Waals surface area contributed by atoms with Gasteiger partial charge in [-0.25, -0.2) is 0 Å². The molecule has 0 aliphatic rings. The Morgan fingerprint density at radius 3 is 1.13 bits per heavy atom. The Kier molecular flexibility index (Phi) is 7.27. The van der Waals surface area contributed by atoms with Crippen molar-refractivity contribution in [3.63, 3.8) is 0 Å². The lowest BCUT2D eigenvalue weighted by atomic mass is 10.2. The van der Waals surface area contributed by atoms with Gasteiger partial charge in [0.2, 0.25) is 0 Å². The average Bonchev–Trinajstić information content (AvgIpc) is 2.81. The van der Waals surface area contributed by atoms with Crippen LogP contribution in [0.25, 0.3) is 0 Å². The lowest BCUT2D eigenvalue weighted by Crippen LogP contribution is -1.99. The van der Waals surface area contributed by atoms with Gasteiger partial charge in [0, 0.05) is 18.2 Å². The monoisotopic (exact) mass is 410 g/mol. The first-order valence-electron chi connectivity index (χ1n) is 9.43. The van der Waals surface area contributed by atoms with E-state index in [9.17, 15) is 0 Å². The van der Waals surface area contributed by atoms with Crippen LogP contribution in [0.1, 0.15) is 11.1 Å². The Bertz CT molecular complexity index is 850. The standard InChI is InChI=1S/C24H26O6/c1-25-21-8-17(9-22(13-21)26-2)15-29-19-6-5-7-20(12-19)30-16-18-10-23(27-3)14-24(11-18)28-4/h5-14H,15-16H2,1-4H3. The van der Waals surface area contributed by atoms with E-state index < -0.39 is 0 Å². The summed E-state index contributed by atoms with van der Waals surface area (Å²) in [7, 11) is 6.49. The quantitative estimate of drug-likeness (QED) is 0.475. The molecule has 0 N–H and O–H groups in total. The molecule has 6 nitrogen and oxygen atoms in total. The zero-order valence-electron chi connectivity index (χ0n) is 17.6. The van der Waals surface area contributed by atoms with E-state index in [1.54, 1.807) is 28.4 Å². The number of hydrogen-bond acceptors (Lipinski definition) is 6. The summed E-state index contributed by atoms with van der Waals surface area (Å²) in [4.78, 5) is 0. The third kappa shape index (κ3) is 5.73. The van der Waals surface area contributed by atoms with Crippen LogP contribution in [0.2, 0.25) is 0 Å². The lowest BCUT2D eigenvalue weighted by Gasteiger charge is -2.12. The maximum Gasteiger partial charge on any atom is 0.123 e. The van der Waals surface area contributed by atoms with Gasteiger partial charge < -0.3 is 28.4 Å². The van der Waals surface area contributed by atoms with Crippen molar-refractivity contribution in [1.82, 2.24) is 0 Å². The Balaban J connectivity index is 1.64. The van der Waals surface area contributed by atoms with Crippen LogP contribution in [-0.4, -0.2) is 28.4 Å². The normalized spacial score (nSPS) is 10.3. The van der Waals surface area contributed by atoms with Crippen molar-refractivity contribution in [2.24, 2.45) is 0 Å². The highest BCUT2D eigenvalue weighted by Gasteiger charge is 2.06. The zero-order valence-corrected chi connectivity index (χ0v) is 17.6. The largest absolute Gasteiger partial charge is 0.497 e. The molecule has 0 saturated heterocycles. The molecule has 3 aromatic rings. The van der Waals surface area contributed by atoms with Crippen molar-refractivity contribution in [3.05, 3.63) is 71.8 Å². The van der Waals surface area contributed by atoms with E-state index in [4.69, 9.17) is 28.4 Å². The van der Waals surface area contributed by atoms with E-state index in [2.05, 4.69) is 0 Å². The fourth-order valence-corrected chi connectivity index (χ4v) is 2.89. The summed E-state index contributed by atoms with van der Waals surface area (Å²) in [6.45, 7) is 0.758. The number of hydrogen-bond donors (Lipinski definition) is 0. The van der Waals surface area contributed by atoms with E-state index in [1.807, 2.05) is 60.7 Å². The van der Waals surface area contributed by atoms with Crippen molar-refractivity contribution in [2.45, 2.75) is 13.2 Å². The van der Waals surface area contributed by atoms with Crippen LogP contribution in [0.4, 0.5) is 0 Å². The van der Waals surface area contributed by atoms with Gasteiger partial charge in [0.25, 0.3) is 0 Å². The third-order valence-electron chi connectivity index (χ3n) is 4.44. The van der Waals surface area contributed by atoms with Gasteiger partial charge in [0.1, 0.15) is 47.7 Å². The molecule has 3 aromatic carbocycles. The second kappa shape index (κ2) is 10.3. The molecule has 0 radical (unpaired) electrons. The van der Waals surface area contributed by atoms with Gasteiger partial charge in [0.05, 0.1) is 28.4 Å². The molecule has 0 aliphatic carbocycles. The van der Waals surface area contributed by atoms with Crippen LogP contribution in [0.3, 0.4) is 0 Å². The molecule has 0 atom stereocenters. The second-order valence-electron chi connectivity index (χ2n) is 6.49. The van der Waals surface area contributed by atoms with Crippen molar-refractivity contribution >= 4 is 0 Å². The van der Waals surface area contributed by atoms with E-state index in [0.717, 1.165) is 34.1 Å².